The van der Waals surface area contributed by atoms with E-state index >= 15 is 0 Å². The van der Waals surface area contributed by atoms with Gasteiger partial charge in [-0.05, 0) is 38.6 Å². The third-order valence-electron chi connectivity index (χ3n) is 3.97. The summed E-state index contributed by atoms with van der Waals surface area (Å²) in [5.41, 5.74) is 5.74. The van der Waals surface area contributed by atoms with Crippen molar-refractivity contribution in [1.82, 2.24) is 10.2 Å². The van der Waals surface area contributed by atoms with Crippen molar-refractivity contribution in [2.75, 3.05) is 19.6 Å². The van der Waals surface area contributed by atoms with Crippen LogP contribution in [0.25, 0.3) is 0 Å². The highest BCUT2D eigenvalue weighted by atomic mass is 16.1. The molecule has 0 radical (unpaired) electrons. The van der Waals surface area contributed by atoms with Crippen LogP contribution in [0, 0.1) is 5.92 Å². The first-order valence-corrected chi connectivity index (χ1v) is 6.43. The smallest absolute Gasteiger partial charge is 0.221 e. The van der Waals surface area contributed by atoms with E-state index in [0.29, 0.717) is 24.4 Å². The molecule has 4 nitrogen and oxygen atoms in total. The van der Waals surface area contributed by atoms with E-state index in [1.807, 2.05) is 0 Å². The Morgan fingerprint density at radius 2 is 2.38 bits per heavy atom. The minimum absolute atomic E-state index is 0.214. The van der Waals surface area contributed by atoms with Gasteiger partial charge in [0.1, 0.15) is 0 Å². The highest BCUT2D eigenvalue weighted by Gasteiger charge is 2.34. The summed E-state index contributed by atoms with van der Waals surface area (Å²) in [6.45, 7) is 4.96. The summed E-state index contributed by atoms with van der Waals surface area (Å²) in [6.07, 6.45) is 4.10. The zero-order chi connectivity index (χ0) is 11.5. The van der Waals surface area contributed by atoms with Crippen LogP contribution < -0.4 is 11.1 Å². The number of hydrogen-bond donors (Lipinski definition) is 2. The van der Waals surface area contributed by atoms with Gasteiger partial charge in [-0.1, -0.05) is 0 Å². The summed E-state index contributed by atoms with van der Waals surface area (Å²) in [7, 11) is 0. The lowest BCUT2D eigenvalue weighted by Crippen LogP contribution is -2.39. The molecule has 92 valence electrons. The van der Waals surface area contributed by atoms with Crippen molar-refractivity contribution >= 4 is 5.91 Å². The Bertz CT molecular complexity index is 257. The Morgan fingerprint density at radius 1 is 1.56 bits per heavy atom. The summed E-state index contributed by atoms with van der Waals surface area (Å²) in [5, 5.41) is 2.95. The molecule has 3 N–H and O–H groups in total. The quantitative estimate of drug-likeness (QED) is 0.712. The second-order valence-corrected chi connectivity index (χ2v) is 5.23. The van der Waals surface area contributed by atoms with Crippen LogP contribution in [0.4, 0.5) is 0 Å². The number of rotatable bonds is 2. The molecule has 2 rings (SSSR count). The fourth-order valence-corrected chi connectivity index (χ4v) is 3.09. The number of amides is 1. The van der Waals surface area contributed by atoms with Gasteiger partial charge in [-0.15, -0.1) is 0 Å². The van der Waals surface area contributed by atoms with Crippen molar-refractivity contribution in [3.8, 4) is 0 Å². The zero-order valence-corrected chi connectivity index (χ0v) is 10.1. The first kappa shape index (κ1) is 11.9. The van der Waals surface area contributed by atoms with E-state index in [-0.39, 0.29) is 5.91 Å². The van der Waals surface area contributed by atoms with E-state index in [1.54, 1.807) is 0 Å². The minimum atomic E-state index is 0.214. The van der Waals surface area contributed by atoms with Crippen LogP contribution in [0.15, 0.2) is 0 Å². The molecule has 3 atom stereocenters. The summed E-state index contributed by atoms with van der Waals surface area (Å²) in [5.74, 6) is 0.840. The molecule has 2 aliphatic heterocycles. The maximum Gasteiger partial charge on any atom is 0.221 e. The molecule has 0 aromatic rings. The maximum atomic E-state index is 11.5. The second kappa shape index (κ2) is 5.15. The molecule has 0 saturated carbocycles. The van der Waals surface area contributed by atoms with Crippen LogP contribution in [0.2, 0.25) is 0 Å². The predicted octanol–water partition coefficient (Wildman–Crippen LogP) is 0.324. The lowest BCUT2D eigenvalue weighted by atomic mass is 10.1. The molecular weight excluding hydrogens is 202 g/mol. The summed E-state index contributed by atoms with van der Waals surface area (Å²) < 4.78 is 0. The van der Waals surface area contributed by atoms with Crippen molar-refractivity contribution in [1.29, 1.82) is 0 Å². The van der Waals surface area contributed by atoms with Gasteiger partial charge in [-0.25, -0.2) is 0 Å². The van der Waals surface area contributed by atoms with Crippen LogP contribution in [0.3, 0.4) is 0 Å². The van der Waals surface area contributed by atoms with E-state index in [0.717, 1.165) is 32.5 Å². The molecule has 1 amide bonds. The lowest BCUT2D eigenvalue weighted by Gasteiger charge is -2.30. The van der Waals surface area contributed by atoms with Crippen molar-refractivity contribution in [3.05, 3.63) is 0 Å². The first-order chi connectivity index (χ1) is 7.70. The molecule has 0 bridgehead atoms. The molecular formula is C12H23N3O. The first-order valence-electron chi connectivity index (χ1n) is 6.43. The van der Waals surface area contributed by atoms with Gasteiger partial charge in [0.25, 0.3) is 0 Å². The topological polar surface area (TPSA) is 58.4 Å². The second-order valence-electron chi connectivity index (χ2n) is 5.23. The van der Waals surface area contributed by atoms with Gasteiger partial charge in [-0.2, -0.15) is 0 Å². The van der Waals surface area contributed by atoms with Crippen molar-refractivity contribution < 1.29 is 4.79 Å². The SMILES string of the molecule is CC1CC(CN)CN1C1CCCNC(=O)C1. The molecule has 0 aliphatic carbocycles. The molecule has 16 heavy (non-hydrogen) atoms. The molecule has 2 aliphatic rings. The molecule has 2 saturated heterocycles. The number of nitrogens with two attached hydrogens (primary N) is 1. The van der Waals surface area contributed by atoms with Crippen LogP contribution in [0.1, 0.15) is 32.6 Å². The molecule has 2 heterocycles. The predicted molar refractivity (Wildman–Crippen MR) is 64.0 cm³/mol. The van der Waals surface area contributed by atoms with Crippen LogP contribution in [-0.4, -0.2) is 42.5 Å². The maximum absolute atomic E-state index is 11.5. The summed E-state index contributed by atoms with van der Waals surface area (Å²) in [4.78, 5) is 14.0. The minimum Gasteiger partial charge on any atom is -0.356 e. The van der Waals surface area contributed by atoms with Crippen LogP contribution in [0.5, 0.6) is 0 Å². The highest BCUT2D eigenvalue weighted by molar-refractivity contribution is 5.76. The number of carbonyl (C=O) groups excluding carboxylic acids is 1. The average molecular weight is 225 g/mol. The van der Waals surface area contributed by atoms with Crippen molar-refractivity contribution in [2.24, 2.45) is 11.7 Å². The zero-order valence-electron chi connectivity index (χ0n) is 10.1. The standard InChI is InChI=1S/C12H23N3O/c1-9-5-10(7-13)8-15(9)11-3-2-4-14-12(16)6-11/h9-11H,2-8,13H2,1H3,(H,14,16). The van der Waals surface area contributed by atoms with E-state index in [1.165, 1.54) is 6.42 Å². The van der Waals surface area contributed by atoms with Crippen LogP contribution in [-0.2, 0) is 4.79 Å². The van der Waals surface area contributed by atoms with Crippen LogP contribution >= 0.6 is 0 Å². The molecule has 0 aromatic carbocycles. The van der Waals surface area contributed by atoms with Crippen molar-refractivity contribution in [2.45, 2.75) is 44.7 Å². The summed E-state index contributed by atoms with van der Waals surface area (Å²) >= 11 is 0. The van der Waals surface area contributed by atoms with E-state index < -0.39 is 0 Å². The molecule has 3 unspecified atom stereocenters. The fourth-order valence-electron chi connectivity index (χ4n) is 3.09. The van der Waals surface area contributed by atoms with E-state index in [4.69, 9.17) is 5.73 Å². The monoisotopic (exact) mass is 225 g/mol. The number of nitrogens with one attached hydrogen (secondary N) is 1. The normalized spacial score (nSPS) is 37.1. The Labute approximate surface area is 97.6 Å². The number of likely N-dealkylation sites (tertiary alicyclic amines) is 1. The molecule has 0 aromatic heterocycles. The number of nitrogens with zero attached hydrogens (tertiary/aromatic N) is 1. The molecule has 4 heteroatoms. The van der Waals surface area contributed by atoms with Gasteiger partial charge in [0.15, 0.2) is 0 Å². The van der Waals surface area contributed by atoms with Gasteiger partial charge in [0.2, 0.25) is 5.91 Å². The van der Waals surface area contributed by atoms with Gasteiger partial charge in [-0.3, -0.25) is 9.69 Å². The molecule has 0 spiro atoms. The Kier molecular flexibility index (Phi) is 3.82. The van der Waals surface area contributed by atoms with Gasteiger partial charge in [0.05, 0.1) is 0 Å². The fraction of sp³-hybridized carbons (Fsp3) is 0.917. The number of carbonyl (C=O) groups is 1. The average Bonchev–Trinajstić information content (AvgIpc) is 2.50. The van der Waals surface area contributed by atoms with E-state index in [2.05, 4.69) is 17.1 Å². The van der Waals surface area contributed by atoms with Gasteiger partial charge in [0, 0.05) is 31.6 Å². The lowest BCUT2D eigenvalue weighted by molar-refractivity contribution is -0.121. The van der Waals surface area contributed by atoms with E-state index in [9.17, 15) is 4.79 Å². The third kappa shape index (κ3) is 2.55. The van der Waals surface area contributed by atoms with Gasteiger partial charge < -0.3 is 11.1 Å². The number of hydrogen-bond acceptors (Lipinski definition) is 3. The highest BCUT2D eigenvalue weighted by Crippen LogP contribution is 2.27. The summed E-state index contributed by atoms with van der Waals surface area (Å²) in [6, 6.07) is 1.03. The third-order valence-corrected chi connectivity index (χ3v) is 3.97. The molecule has 2 fully saturated rings. The largest absolute Gasteiger partial charge is 0.356 e. The Hall–Kier alpha value is -0.610. The Morgan fingerprint density at radius 3 is 3.06 bits per heavy atom. The van der Waals surface area contributed by atoms with Crippen molar-refractivity contribution in [3.63, 3.8) is 0 Å². The van der Waals surface area contributed by atoms with Gasteiger partial charge >= 0.3 is 0 Å². The Balaban J connectivity index is 1.97.